The Balaban J connectivity index is 0.000000221. The van der Waals surface area contributed by atoms with Gasteiger partial charge in [-0.2, -0.15) is 0 Å². The van der Waals surface area contributed by atoms with Crippen molar-refractivity contribution in [2.24, 2.45) is 0 Å². The summed E-state index contributed by atoms with van der Waals surface area (Å²) in [5.74, 6) is 1.29. The fourth-order valence-corrected chi connectivity index (χ4v) is 2.72. The van der Waals surface area contributed by atoms with E-state index in [9.17, 15) is 0 Å². The highest BCUT2D eigenvalue weighted by Crippen LogP contribution is 2.23. The van der Waals surface area contributed by atoms with Crippen molar-refractivity contribution in [2.75, 3.05) is 12.8 Å². The molecule has 3 aromatic heterocycles. The molecule has 4 rings (SSSR count). The average molecular weight is 381 g/mol. The normalized spacial score (nSPS) is 10.3. The first-order chi connectivity index (χ1) is 13.0. The van der Waals surface area contributed by atoms with E-state index in [1.54, 1.807) is 19.5 Å². The molecule has 4 aromatic rings. The molecule has 138 valence electrons. The van der Waals surface area contributed by atoms with Gasteiger partial charge in [0, 0.05) is 29.2 Å². The van der Waals surface area contributed by atoms with E-state index in [0.29, 0.717) is 5.82 Å². The molecule has 1 aromatic carbocycles. The standard InChI is InChI=1S/C14H14N4O.C7H7Cl/c1-19-11-5-12-10(7-17-14(12)18-8-11)4-9-2-3-13(15)16-6-9;1-6-2-4-7(8)5-3-6/h2-3,5-8H,4H2,1H3,(H2,15,16)(H,17,18);2-5H,1H3. The first-order valence-electron chi connectivity index (χ1n) is 8.47. The summed E-state index contributed by atoms with van der Waals surface area (Å²) in [5.41, 5.74) is 9.96. The van der Waals surface area contributed by atoms with Crippen molar-refractivity contribution in [3.8, 4) is 5.75 Å². The third-order valence-corrected chi connectivity index (χ3v) is 4.33. The van der Waals surface area contributed by atoms with Crippen LogP contribution in [0.3, 0.4) is 0 Å². The van der Waals surface area contributed by atoms with E-state index in [1.807, 2.05) is 55.6 Å². The summed E-state index contributed by atoms with van der Waals surface area (Å²) >= 11 is 5.61. The maximum absolute atomic E-state index is 5.61. The highest BCUT2D eigenvalue weighted by Gasteiger charge is 2.07. The van der Waals surface area contributed by atoms with Crippen LogP contribution in [0.15, 0.2) is 61.1 Å². The van der Waals surface area contributed by atoms with E-state index in [-0.39, 0.29) is 0 Å². The number of nitrogen functional groups attached to an aromatic ring is 1. The molecule has 6 heteroatoms. The van der Waals surface area contributed by atoms with Gasteiger partial charge in [0.25, 0.3) is 0 Å². The Kier molecular flexibility index (Phi) is 5.94. The van der Waals surface area contributed by atoms with Crippen LogP contribution in [0.1, 0.15) is 16.7 Å². The van der Waals surface area contributed by atoms with Gasteiger partial charge < -0.3 is 15.5 Å². The van der Waals surface area contributed by atoms with Gasteiger partial charge >= 0.3 is 0 Å². The summed E-state index contributed by atoms with van der Waals surface area (Å²) in [4.78, 5) is 11.6. The van der Waals surface area contributed by atoms with Gasteiger partial charge in [-0.3, -0.25) is 0 Å². The van der Waals surface area contributed by atoms with Gasteiger partial charge in [-0.25, -0.2) is 9.97 Å². The van der Waals surface area contributed by atoms with Crippen LogP contribution in [-0.2, 0) is 6.42 Å². The van der Waals surface area contributed by atoms with Gasteiger partial charge in [0.15, 0.2) is 0 Å². The number of nitrogens with zero attached hydrogens (tertiary/aromatic N) is 2. The minimum absolute atomic E-state index is 0.533. The van der Waals surface area contributed by atoms with E-state index in [0.717, 1.165) is 39.4 Å². The lowest BCUT2D eigenvalue weighted by molar-refractivity contribution is 0.413. The van der Waals surface area contributed by atoms with Crippen molar-refractivity contribution in [3.05, 3.63) is 82.8 Å². The molecule has 3 N–H and O–H groups in total. The number of nitrogens with one attached hydrogen (secondary N) is 1. The van der Waals surface area contributed by atoms with Crippen molar-refractivity contribution >= 4 is 28.5 Å². The second-order valence-electron chi connectivity index (χ2n) is 6.15. The summed E-state index contributed by atoms with van der Waals surface area (Å²) in [6.07, 6.45) is 6.24. The van der Waals surface area contributed by atoms with Gasteiger partial charge in [0.05, 0.1) is 13.3 Å². The smallest absolute Gasteiger partial charge is 0.137 e. The molecule has 0 saturated carbocycles. The number of halogens is 1. The molecular weight excluding hydrogens is 360 g/mol. The SMILES string of the molecule is COc1cnc2[nH]cc(Cc3ccc(N)nc3)c2c1.Cc1ccc(Cl)cc1. The Morgan fingerprint density at radius 3 is 2.48 bits per heavy atom. The highest BCUT2D eigenvalue weighted by atomic mass is 35.5. The van der Waals surface area contributed by atoms with Gasteiger partial charge in [0.1, 0.15) is 17.2 Å². The molecular formula is C21H21ClN4O. The number of anilines is 1. The van der Waals surface area contributed by atoms with Crippen LogP contribution in [0, 0.1) is 6.92 Å². The van der Waals surface area contributed by atoms with Crippen LogP contribution in [0.4, 0.5) is 5.82 Å². The number of nitrogens with two attached hydrogens (primary N) is 1. The zero-order chi connectivity index (χ0) is 19.2. The van der Waals surface area contributed by atoms with Crippen LogP contribution >= 0.6 is 11.6 Å². The molecule has 27 heavy (non-hydrogen) atoms. The molecule has 0 aliphatic carbocycles. The van der Waals surface area contributed by atoms with Crippen LogP contribution in [0.2, 0.25) is 5.02 Å². The molecule has 0 radical (unpaired) electrons. The summed E-state index contributed by atoms with van der Waals surface area (Å²) in [7, 11) is 1.64. The number of hydrogen-bond donors (Lipinski definition) is 2. The molecule has 0 aliphatic rings. The van der Waals surface area contributed by atoms with E-state index in [2.05, 4.69) is 15.0 Å². The molecule has 0 amide bonds. The van der Waals surface area contributed by atoms with Gasteiger partial charge in [0.2, 0.25) is 0 Å². The van der Waals surface area contributed by atoms with Crippen molar-refractivity contribution in [1.29, 1.82) is 0 Å². The number of pyridine rings is 2. The van der Waals surface area contributed by atoms with Crippen LogP contribution in [0.25, 0.3) is 11.0 Å². The molecule has 0 unspecified atom stereocenters. The summed E-state index contributed by atoms with van der Waals surface area (Å²) in [6, 6.07) is 13.5. The quantitative estimate of drug-likeness (QED) is 0.535. The van der Waals surface area contributed by atoms with Crippen LogP contribution in [-0.4, -0.2) is 22.1 Å². The van der Waals surface area contributed by atoms with E-state index >= 15 is 0 Å². The summed E-state index contributed by atoms with van der Waals surface area (Å²) in [5, 5.41) is 1.87. The average Bonchev–Trinajstić information content (AvgIpc) is 3.08. The maximum atomic E-state index is 5.61. The molecule has 0 fully saturated rings. The van der Waals surface area contributed by atoms with Gasteiger partial charge in [-0.1, -0.05) is 35.4 Å². The lowest BCUT2D eigenvalue weighted by atomic mass is 10.1. The molecule has 0 aliphatic heterocycles. The Labute approximate surface area is 163 Å². The van der Waals surface area contributed by atoms with Gasteiger partial charge in [-0.05, 0) is 42.3 Å². The molecule has 5 nitrogen and oxygen atoms in total. The summed E-state index contributed by atoms with van der Waals surface area (Å²) < 4.78 is 5.21. The zero-order valence-corrected chi connectivity index (χ0v) is 16.0. The Hall–Kier alpha value is -3.05. The van der Waals surface area contributed by atoms with Crippen molar-refractivity contribution in [1.82, 2.24) is 15.0 Å². The van der Waals surface area contributed by atoms with E-state index in [1.165, 1.54) is 5.56 Å². The minimum Gasteiger partial charge on any atom is -0.495 e. The highest BCUT2D eigenvalue weighted by molar-refractivity contribution is 6.30. The second kappa shape index (κ2) is 8.56. The van der Waals surface area contributed by atoms with Crippen molar-refractivity contribution < 1.29 is 4.74 Å². The monoisotopic (exact) mass is 380 g/mol. The summed E-state index contributed by atoms with van der Waals surface area (Å²) in [6.45, 7) is 2.04. The Morgan fingerprint density at radius 1 is 1.07 bits per heavy atom. The largest absolute Gasteiger partial charge is 0.495 e. The van der Waals surface area contributed by atoms with Crippen molar-refractivity contribution in [3.63, 3.8) is 0 Å². The molecule has 0 saturated heterocycles. The third-order valence-electron chi connectivity index (χ3n) is 4.08. The molecule has 0 bridgehead atoms. The number of aryl methyl sites for hydroxylation is 1. The number of benzene rings is 1. The van der Waals surface area contributed by atoms with Gasteiger partial charge in [-0.15, -0.1) is 0 Å². The first kappa shape index (κ1) is 18.7. The number of ether oxygens (including phenoxy) is 1. The number of hydrogen-bond acceptors (Lipinski definition) is 4. The molecule has 0 atom stereocenters. The number of rotatable bonds is 3. The third kappa shape index (κ3) is 4.99. The predicted molar refractivity (Wildman–Crippen MR) is 110 cm³/mol. The lowest BCUT2D eigenvalue weighted by Gasteiger charge is -2.02. The Morgan fingerprint density at radius 2 is 1.85 bits per heavy atom. The lowest BCUT2D eigenvalue weighted by Crippen LogP contribution is -1.92. The first-order valence-corrected chi connectivity index (χ1v) is 8.85. The minimum atomic E-state index is 0.533. The number of aromatic nitrogens is 3. The zero-order valence-electron chi connectivity index (χ0n) is 15.2. The van der Waals surface area contributed by atoms with E-state index in [4.69, 9.17) is 22.1 Å². The topological polar surface area (TPSA) is 76.8 Å². The number of methoxy groups -OCH3 is 1. The fourth-order valence-electron chi connectivity index (χ4n) is 2.59. The fraction of sp³-hybridized carbons (Fsp3) is 0.143. The predicted octanol–water partition coefficient (Wildman–Crippen LogP) is 4.79. The molecule has 3 heterocycles. The maximum Gasteiger partial charge on any atom is 0.137 e. The van der Waals surface area contributed by atoms with Crippen LogP contribution < -0.4 is 10.5 Å². The number of aromatic amines is 1. The van der Waals surface area contributed by atoms with E-state index < -0.39 is 0 Å². The Bertz CT molecular complexity index is 990. The van der Waals surface area contributed by atoms with Crippen LogP contribution in [0.5, 0.6) is 5.75 Å². The second-order valence-corrected chi connectivity index (χ2v) is 6.59. The number of H-pyrrole nitrogens is 1. The van der Waals surface area contributed by atoms with Crippen molar-refractivity contribution in [2.45, 2.75) is 13.3 Å². The molecule has 0 spiro atoms. The number of fused-ring (bicyclic) bond motifs is 1.